The van der Waals surface area contributed by atoms with Gasteiger partial charge in [-0.3, -0.25) is 4.79 Å². The third-order valence-corrected chi connectivity index (χ3v) is 3.87. The number of carbonyl (C=O) groups is 1. The predicted octanol–water partition coefficient (Wildman–Crippen LogP) is 2.72. The number of fused-ring (bicyclic) bond motifs is 1. The topological polar surface area (TPSA) is 66.0 Å². The zero-order chi connectivity index (χ0) is 17.6. The highest BCUT2D eigenvalue weighted by atomic mass is 16.6. The minimum absolute atomic E-state index is 0.0880. The van der Waals surface area contributed by atoms with E-state index in [-0.39, 0.29) is 18.6 Å². The van der Waals surface area contributed by atoms with Crippen molar-refractivity contribution in [3.8, 4) is 23.0 Å². The first-order chi connectivity index (χ1) is 12.2. The SMILES string of the molecule is COc1ccccc1OCC(=O)NC(C)c1ccc2c(c1)OCCO2. The molecule has 1 aliphatic heterocycles. The van der Waals surface area contributed by atoms with Gasteiger partial charge in [-0.1, -0.05) is 18.2 Å². The normalized spacial score (nSPS) is 13.7. The first-order valence-electron chi connectivity index (χ1n) is 8.12. The maximum absolute atomic E-state index is 12.2. The molecule has 0 fully saturated rings. The molecule has 0 bridgehead atoms. The van der Waals surface area contributed by atoms with Crippen LogP contribution < -0.4 is 24.3 Å². The molecule has 0 aliphatic carbocycles. The maximum atomic E-state index is 12.2. The minimum Gasteiger partial charge on any atom is -0.493 e. The molecule has 0 saturated carbocycles. The molecule has 6 nitrogen and oxygen atoms in total. The van der Waals surface area contributed by atoms with Gasteiger partial charge in [-0.25, -0.2) is 0 Å². The Morgan fingerprint density at radius 2 is 1.84 bits per heavy atom. The van der Waals surface area contributed by atoms with E-state index in [2.05, 4.69) is 5.32 Å². The Hall–Kier alpha value is -2.89. The van der Waals surface area contributed by atoms with Gasteiger partial charge < -0.3 is 24.3 Å². The van der Waals surface area contributed by atoms with Crippen LogP contribution in [0.3, 0.4) is 0 Å². The molecule has 0 radical (unpaired) electrons. The van der Waals surface area contributed by atoms with Crippen molar-refractivity contribution in [3.05, 3.63) is 48.0 Å². The Balaban J connectivity index is 1.57. The molecule has 132 valence electrons. The van der Waals surface area contributed by atoms with E-state index in [1.807, 2.05) is 37.3 Å². The Bertz CT molecular complexity index is 746. The average Bonchev–Trinajstić information content (AvgIpc) is 2.66. The summed E-state index contributed by atoms with van der Waals surface area (Å²) in [5, 5.41) is 2.91. The average molecular weight is 343 g/mol. The predicted molar refractivity (Wildman–Crippen MR) is 92.5 cm³/mol. The molecule has 1 unspecified atom stereocenters. The highest BCUT2D eigenvalue weighted by molar-refractivity contribution is 5.78. The standard InChI is InChI=1S/C19H21NO5/c1-13(14-7-8-17-18(11-14)24-10-9-23-17)20-19(21)12-25-16-6-4-3-5-15(16)22-2/h3-8,11,13H,9-10,12H2,1-2H3,(H,20,21). The second kappa shape index (κ2) is 7.79. The van der Waals surface area contributed by atoms with Crippen molar-refractivity contribution < 1.29 is 23.7 Å². The summed E-state index contributed by atoms with van der Waals surface area (Å²) in [7, 11) is 1.56. The Morgan fingerprint density at radius 1 is 1.12 bits per heavy atom. The third kappa shape index (κ3) is 4.15. The lowest BCUT2D eigenvalue weighted by Gasteiger charge is -2.21. The summed E-state index contributed by atoms with van der Waals surface area (Å²) in [6.07, 6.45) is 0. The molecule has 25 heavy (non-hydrogen) atoms. The fourth-order valence-electron chi connectivity index (χ4n) is 2.58. The number of rotatable bonds is 6. The fraction of sp³-hybridized carbons (Fsp3) is 0.316. The first kappa shape index (κ1) is 17.0. The Kier molecular flexibility index (Phi) is 5.28. The van der Waals surface area contributed by atoms with Crippen LogP contribution in [0.25, 0.3) is 0 Å². The zero-order valence-electron chi connectivity index (χ0n) is 14.3. The van der Waals surface area contributed by atoms with Gasteiger partial charge in [0, 0.05) is 0 Å². The van der Waals surface area contributed by atoms with E-state index < -0.39 is 0 Å². The third-order valence-electron chi connectivity index (χ3n) is 3.87. The van der Waals surface area contributed by atoms with Crippen LogP contribution in [0.1, 0.15) is 18.5 Å². The summed E-state index contributed by atoms with van der Waals surface area (Å²) >= 11 is 0. The van der Waals surface area contributed by atoms with Gasteiger partial charge >= 0.3 is 0 Å². The van der Waals surface area contributed by atoms with Crippen LogP contribution in [0.4, 0.5) is 0 Å². The number of carbonyl (C=O) groups excluding carboxylic acids is 1. The number of ether oxygens (including phenoxy) is 4. The Labute approximate surface area is 146 Å². The molecule has 1 N–H and O–H groups in total. The molecule has 0 saturated heterocycles. The number of para-hydroxylation sites is 2. The minimum atomic E-state index is -0.215. The molecule has 0 aromatic heterocycles. The molecule has 6 heteroatoms. The number of hydrogen-bond donors (Lipinski definition) is 1. The summed E-state index contributed by atoms with van der Waals surface area (Å²) in [5.74, 6) is 2.35. The van der Waals surface area contributed by atoms with Gasteiger partial charge in [-0.2, -0.15) is 0 Å². The van der Waals surface area contributed by atoms with E-state index in [0.29, 0.717) is 30.5 Å². The first-order valence-corrected chi connectivity index (χ1v) is 8.12. The largest absolute Gasteiger partial charge is 0.493 e. The van der Waals surface area contributed by atoms with Crippen molar-refractivity contribution >= 4 is 5.91 Å². The van der Waals surface area contributed by atoms with Gasteiger partial charge in [0.05, 0.1) is 13.2 Å². The number of nitrogens with one attached hydrogen (secondary N) is 1. The van der Waals surface area contributed by atoms with E-state index in [4.69, 9.17) is 18.9 Å². The molecular weight excluding hydrogens is 322 g/mol. The quantitative estimate of drug-likeness (QED) is 0.874. The lowest BCUT2D eigenvalue weighted by molar-refractivity contribution is -0.123. The van der Waals surface area contributed by atoms with Crippen LogP contribution in [0, 0.1) is 0 Å². The van der Waals surface area contributed by atoms with Crippen molar-refractivity contribution in [2.75, 3.05) is 26.9 Å². The lowest BCUT2D eigenvalue weighted by atomic mass is 10.1. The lowest BCUT2D eigenvalue weighted by Crippen LogP contribution is -2.31. The summed E-state index contributed by atoms with van der Waals surface area (Å²) < 4.78 is 21.8. The van der Waals surface area contributed by atoms with Gasteiger partial charge in [0.2, 0.25) is 0 Å². The molecule has 0 spiro atoms. The monoisotopic (exact) mass is 343 g/mol. The van der Waals surface area contributed by atoms with Crippen LogP contribution >= 0.6 is 0 Å². The second-order valence-electron chi connectivity index (χ2n) is 5.63. The summed E-state index contributed by atoms with van der Waals surface area (Å²) in [5.41, 5.74) is 0.940. The summed E-state index contributed by atoms with van der Waals surface area (Å²) in [6.45, 7) is 2.91. The number of methoxy groups -OCH3 is 1. The number of amides is 1. The highest BCUT2D eigenvalue weighted by Gasteiger charge is 2.16. The van der Waals surface area contributed by atoms with Crippen LogP contribution in [-0.2, 0) is 4.79 Å². The van der Waals surface area contributed by atoms with Crippen LogP contribution in [0.15, 0.2) is 42.5 Å². The van der Waals surface area contributed by atoms with Crippen LogP contribution in [0.5, 0.6) is 23.0 Å². The van der Waals surface area contributed by atoms with Crippen LogP contribution in [-0.4, -0.2) is 32.8 Å². The van der Waals surface area contributed by atoms with Crippen molar-refractivity contribution in [3.63, 3.8) is 0 Å². The molecule has 3 rings (SSSR count). The van der Waals surface area contributed by atoms with Crippen molar-refractivity contribution in [1.82, 2.24) is 5.32 Å². The Morgan fingerprint density at radius 3 is 2.60 bits per heavy atom. The molecule has 1 amide bonds. The molecule has 1 heterocycles. The molecule has 1 atom stereocenters. The second-order valence-corrected chi connectivity index (χ2v) is 5.63. The van der Waals surface area contributed by atoms with E-state index in [9.17, 15) is 4.79 Å². The van der Waals surface area contributed by atoms with Gasteiger partial charge in [-0.15, -0.1) is 0 Å². The molecular formula is C19H21NO5. The molecule has 1 aliphatic rings. The van der Waals surface area contributed by atoms with Gasteiger partial charge in [0.1, 0.15) is 13.2 Å². The van der Waals surface area contributed by atoms with E-state index in [0.717, 1.165) is 11.3 Å². The zero-order valence-corrected chi connectivity index (χ0v) is 14.3. The van der Waals surface area contributed by atoms with E-state index >= 15 is 0 Å². The van der Waals surface area contributed by atoms with Gasteiger partial charge in [0.15, 0.2) is 29.6 Å². The fourth-order valence-corrected chi connectivity index (χ4v) is 2.58. The molecule has 2 aromatic rings. The van der Waals surface area contributed by atoms with E-state index in [1.54, 1.807) is 19.2 Å². The van der Waals surface area contributed by atoms with E-state index in [1.165, 1.54) is 0 Å². The smallest absolute Gasteiger partial charge is 0.258 e. The number of hydrogen-bond acceptors (Lipinski definition) is 5. The van der Waals surface area contributed by atoms with Crippen molar-refractivity contribution in [1.29, 1.82) is 0 Å². The highest BCUT2D eigenvalue weighted by Crippen LogP contribution is 2.32. The maximum Gasteiger partial charge on any atom is 0.258 e. The van der Waals surface area contributed by atoms with Crippen LogP contribution in [0.2, 0.25) is 0 Å². The van der Waals surface area contributed by atoms with Crippen molar-refractivity contribution in [2.24, 2.45) is 0 Å². The summed E-state index contributed by atoms with van der Waals surface area (Å²) in [6, 6.07) is 12.7. The van der Waals surface area contributed by atoms with Gasteiger partial charge in [0.25, 0.3) is 5.91 Å². The molecule has 2 aromatic carbocycles. The number of benzene rings is 2. The van der Waals surface area contributed by atoms with Crippen molar-refractivity contribution in [2.45, 2.75) is 13.0 Å². The summed E-state index contributed by atoms with van der Waals surface area (Å²) in [4.78, 5) is 12.2. The van der Waals surface area contributed by atoms with Gasteiger partial charge in [-0.05, 0) is 36.8 Å².